The molecule has 0 unspecified atom stereocenters. The SMILES string of the molecule is CNc1nc(NC(=C/N)/C(C)=N\C[C@H]2CCn3cncc32)ncc1C(F)(F)F. The molecule has 0 aromatic carbocycles. The summed E-state index contributed by atoms with van der Waals surface area (Å²) < 4.78 is 41.0. The zero-order valence-electron chi connectivity index (χ0n) is 15.5. The van der Waals surface area contributed by atoms with Crippen LogP contribution in [0, 0.1) is 0 Å². The summed E-state index contributed by atoms with van der Waals surface area (Å²) in [5.74, 6) is -0.0626. The lowest BCUT2D eigenvalue weighted by atomic mass is 10.1. The van der Waals surface area contributed by atoms with Crippen LogP contribution in [0.25, 0.3) is 0 Å². The molecule has 0 radical (unpaired) electrons. The minimum atomic E-state index is -4.55. The summed E-state index contributed by atoms with van der Waals surface area (Å²) in [6.07, 6.45) is 2.10. The molecule has 0 fully saturated rings. The number of aromatic nitrogens is 4. The minimum absolute atomic E-state index is 0.0115. The van der Waals surface area contributed by atoms with Crippen LogP contribution in [0.1, 0.15) is 30.5 Å². The number of halogens is 3. The molecule has 0 saturated heterocycles. The Hall–Kier alpha value is -3.11. The van der Waals surface area contributed by atoms with Crippen molar-refractivity contribution in [2.24, 2.45) is 10.7 Å². The van der Waals surface area contributed by atoms with E-state index < -0.39 is 11.7 Å². The Morgan fingerprint density at radius 2 is 2.21 bits per heavy atom. The van der Waals surface area contributed by atoms with Crippen molar-refractivity contribution in [2.75, 3.05) is 24.2 Å². The first-order chi connectivity index (χ1) is 13.3. The highest BCUT2D eigenvalue weighted by Gasteiger charge is 2.35. The van der Waals surface area contributed by atoms with Gasteiger partial charge in [-0.15, -0.1) is 0 Å². The van der Waals surface area contributed by atoms with Gasteiger partial charge in [-0.25, -0.2) is 9.97 Å². The van der Waals surface area contributed by atoms with Crippen LogP contribution < -0.4 is 16.4 Å². The molecule has 0 spiro atoms. The molecule has 4 N–H and O–H groups in total. The first-order valence-electron chi connectivity index (χ1n) is 8.65. The van der Waals surface area contributed by atoms with Crippen LogP contribution >= 0.6 is 0 Å². The fourth-order valence-electron chi connectivity index (χ4n) is 3.03. The van der Waals surface area contributed by atoms with E-state index in [1.54, 1.807) is 13.3 Å². The Labute approximate surface area is 159 Å². The average Bonchev–Trinajstić information content (AvgIpc) is 3.27. The Morgan fingerprint density at radius 1 is 1.43 bits per heavy atom. The molecular formula is C17H21F3N8. The van der Waals surface area contributed by atoms with Gasteiger partial charge < -0.3 is 20.9 Å². The lowest BCUT2D eigenvalue weighted by Crippen LogP contribution is -2.16. The quantitative estimate of drug-likeness (QED) is 0.651. The van der Waals surface area contributed by atoms with Crippen LogP contribution in [0.2, 0.25) is 0 Å². The average molecular weight is 394 g/mol. The van der Waals surface area contributed by atoms with Gasteiger partial charge in [-0.1, -0.05) is 0 Å². The zero-order valence-corrected chi connectivity index (χ0v) is 15.5. The first-order valence-corrected chi connectivity index (χ1v) is 8.65. The Morgan fingerprint density at radius 3 is 2.89 bits per heavy atom. The van der Waals surface area contributed by atoms with Gasteiger partial charge in [0.2, 0.25) is 5.95 Å². The van der Waals surface area contributed by atoms with Crippen molar-refractivity contribution in [3.63, 3.8) is 0 Å². The number of nitrogens with two attached hydrogens (primary N) is 1. The summed E-state index contributed by atoms with van der Waals surface area (Å²) in [5, 5.41) is 5.26. The van der Waals surface area contributed by atoms with Crippen molar-refractivity contribution in [3.8, 4) is 0 Å². The number of imidazole rings is 1. The van der Waals surface area contributed by atoms with Crippen LogP contribution in [-0.4, -0.2) is 38.8 Å². The largest absolute Gasteiger partial charge is 0.421 e. The molecule has 3 rings (SSSR count). The normalized spacial score (nSPS) is 17.5. The third-order valence-electron chi connectivity index (χ3n) is 4.56. The summed E-state index contributed by atoms with van der Waals surface area (Å²) in [6.45, 7) is 3.24. The minimum Gasteiger partial charge on any atom is -0.403 e. The van der Waals surface area contributed by atoms with Crippen molar-refractivity contribution in [1.29, 1.82) is 0 Å². The van der Waals surface area contributed by atoms with Gasteiger partial charge in [-0.05, 0) is 13.3 Å². The van der Waals surface area contributed by atoms with E-state index in [9.17, 15) is 13.2 Å². The molecule has 8 nitrogen and oxygen atoms in total. The maximum absolute atomic E-state index is 13.0. The molecule has 3 heterocycles. The van der Waals surface area contributed by atoms with Gasteiger partial charge in [0.15, 0.2) is 0 Å². The van der Waals surface area contributed by atoms with Crippen LogP contribution in [0.3, 0.4) is 0 Å². The highest BCUT2D eigenvalue weighted by molar-refractivity contribution is 6.00. The van der Waals surface area contributed by atoms with Crippen LogP contribution in [0.4, 0.5) is 24.9 Å². The first kappa shape index (κ1) is 19.6. The van der Waals surface area contributed by atoms with Gasteiger partial charge in [-0.3, -0.25) is 4.99 Å². The van der Waals surface area contributed by atoms with E-state index in [4.69, 9.17) is 5.73 Å². The number of nitrogens with one attached hydrogen (secondary N) is 2. The number of hydrogen-bond acceptors (Lipinski definition) is 7. The van der Waals surface area contributed by atoms with E-state index in [-0.39, 0.29) is 17.7 Å². The summed E-state index contributed by atoms with van der Waals surface area (Å²) in [6, 6.07) is 0. The van der Waals surface area contributed by atoms with Crippen LogP contribution in [0.5, 0.6) is 0 Å². The second kappa shape index (κ2) is 7.87. The number of hydrogen-bond donors (Lipinski definition) is 3. The van der Waals surface area contributed by atoms with E-state index in [1.165, 1.54) is 13.2 Å². The standard InChI is InChI=1S/C17H21F3N8/c1-10(24-6-11-3-4-28-9-23-8-14(11)28)13(5-21)26-16-25-7-12(17(18,19)20)15(22-2)27-16/h5,7-9,11H,3-4,6,21H2,1-2H3,(H2,22,25,26,27)/b13-5+,24-10-/t11-/m1/s1. The number of rotatable bonds is 6. The van der Waals surface area contributed by atoms with Gasteiger partial charge in [-0.2, -0.15) is 18.2 Å². The molecule has 0 saturated carbocycles. The number of anilines is 2. The fraction of sp³-hybridized carbons (Fsp3) is 0.412. The van der Waals surface area contributed by atoms with E-state index >= 15 is 0 Å². The van der Waals surface area contributed by atoms with Crippen LogP contribution in [-0.2, 0) is 12.7 Å². The number of fused-ring (bicyclic) bond motifs is 1. The number of allylic oxidation sites excluding steroid dienone is 1. The highest BCUT2D eigenvalue weighted by atomic mass is 19.4. The Kier molecular flexibility index (Phi) is 5.52. The van der Waals surface area contributed by atoms with E-state index in [1.807, 2.05) is 6.20 Å². The monoisotopic (exact) mass is 394 g/mol. The lowest BCUT2D eigenvalue weighted by Gasteiger charge is -2.14. The number of aryl methyl sites for hydroxylation is 1. The molecular weight excluding hydrogens is 373 g/mol. The second-order valence-corrected chi connectivity index (χ2v) is 6.33. The van der Waals surface area contributed by atoms with Crippen molar-refractivity contribution in [1.82, 2.24) is 19.5 Å². The summed E-state index contributed by atoms with van der Waals surface area (Å²) >= 11 is 0. The molecule has 0 aliphatic carbocycles. The van der Waals surface area contributed by atoms with Crippen LogP contribution in [0.15, 0.2) is 35.6 Å². The summed E-state index contributed by atoms with van der Waals surface area (Å²) in [5.41, 5.74) is 6.90. The van der Waals surface area contributed by atoms with E-state index in [0.29, 0.717) is 18.0 Å². The van der Waals surface area contributed by atoms with Gasteiger partial charge in [0, 0.05) is 50.3 Å². The molecule has 0 amide bonds. The van der Waals surface area contributed by atoms with Gasteiger partial charge in [0.1, 0.15) is 11.4 Å². The topological polar surface area (TPSA) is 106 Å². The van der Waals surface area contributed by atoms with Crippen molar-refractivity contribution >= 4 is 17.5 Å². The summed E-state index contributed by atoms with van der Waals surface area (Å²) in [7, 11) is 1.36. The van der Waals surface area contributed by atoms with Crippen molar-refractivity contribution in [2.45, 2.75) is 32.0 Å². The summed E-state index contributed by atoms with van der Waals surface area (Å²) in [4.78, 5) is 16.3. The molecule has 1 aliphatic heterocycles. The number of nitrogens with zero attached hydrogens (tertiary/aromatic N) is 5. The highest BCUT2D eigenvalue weighted by Crippen LogP contribution is 2.33. The van der Waals surface area contributed by atoms with E-state index in [2.05, 4.69) is 35.1 Å². The zero-order chi connectivity index (χ0) is 20.3. The lowest BCUT2D eigenvalue weighted by molar-refractivity contribution is -0.137. The predicted molar refractivity (Wildman–Crippen MR) is 100 cm³/mol. The smallest absolute Gasteiger partial charge is 0.403 e. The molecule has 1 atom stereocenters. The molecule has 150 valence electrons. The molecule has 28 heavy (non-hydrogen) atoms. The molecule has 0 bridgehead atoms. The number of alkyl halides is 3. The third-order valence-corrected chi connectivity index (χ3v) is 4.56. The van der Waals surface area contributed by atoms with Gasteiger partial charge in [0.05, 0.1) is 17.7 Å². The van der Waals surface area contributed by atoms with Crippen molar-refractivity contribution in [3.05, 3.63) is 41.9 Å². The molecule has 2 aromatic rings. The molecule has 1 aliphatic rings. The van der Waals surface area contributed by atoms with Gasteiger partial charge >= 0.3 is 6.18 Å². The van der Waals surface area contributed by atoms with Gasteiger partial charge in [0.25, 0.3) is 0 Å². The second-order valence-electron chi connectivity index (χ2n) is 6.33. The Bertz CT molecular complexity index is 900. The maximum Gasteiger partial charge on any atom is 0.421 e. The van der Waals surface area contributed by atoms with E-state index in [0.717, 1.165) is 24.9 Å². The van der Waals surface area contributed by atoms with Crippen molar-refractivity contribution < 1.29 is 13.2 Å². The maximum atomic E-state index is 13.0. The third kappa shape index (κ3) is 4.07. The number of aliphatic imine (C=N–C) groups is 1. The predicted octanol–water partition coefficient (Wildman–Crippen LogP) is 2.59. The molecule has 2 aromatic heterocycles. The molecule has 11 heteroatoms. The Balaban J connectivity index is 1.72. The fourth-order valence-corrected chi connectivity index (χ4v) is 3.03.